The molecule has 3 rings (SSSR count). The molecule has 1 aromatic carbocycles. The van der Waals surface area contributed by atoms with Crippen LogP contribution in [0.2, 0.25) is 0 Å². The summed E-state index contributed by atoms with van der Waals surface area (Å²) in [5, 5.41) is 7.52. The first-order chi connectivity index (χ1) is 14.8. The molecule has 10 heteroatoms. The summed E-state index contributed by atoms with van der Waals surface area (Å²) in [4.78, 5) is 53.5. The van der Waals surface area contributed by atoms with Gasteiger partial charge in [0.05, 0.1) is 6.54 Å². The predicted octanol–water partition coefficient (Wildman–Crippen LogP) is 0.852. The highest BCUT2D eigenvalue weighted by atomic mass is 16.5. The SMILES string of the molecule is CC(C)C(NC(=O)OCc1ccccc1)C(=O)NC1Cc2ocnc2CNC(=O)C1=O. The Morgan fingerprint density at radius 1 is 1.26 bits per heavy atom. The van der Waals surface area contributed by atoms with Crippen LogP contribution in [-0.2, 0) is 38.7 Å². The van der Waals surface area contributed by atoms with Crippen molar-refractivity contribution in [3.63, 3.8) is 0 Å². The van der Waals surface area contributed by atoms with Crippen LogP contribution in [0.15, 0.2) is 41.1 Å². The number of amides is 3. The predicted molar refractivity (Wildman–Crippen MR) is 107 cm³/mol. The second kappa shape index (κ2) is 9.88. The van der Waals surface area contributed by atoms with Crippen LogP contribution in [0.4, 0.5) is 4.79 Å². The Balaban J connectivity index is 1.64. The third-order valence-corrected chi connectivity index (χ3v) is 4.82. The van der Waals surface area contributed by atoms with Gasteiger partial charge in [0.15, 0.2) is 6.39 Å². The van der Waals surface area contributed by atoms with Crippen molar-refractivity contribution in [2.24, 2.45) is 5.92 Å². The highest BCUT2D eigenvalue weighted by Crippen LogP contribution is 2.14. The van der Waals surface area contributed by atoms with E-state index in [1.807, 2.05) is 30.3 Å². The van der Waals surface area contributed by atoms with E-state index in [2.05, 4.69) is 20.9 Å². The van der Waals surface area contributed by atoms with Crippen molar-refractivity contribution in [1.29, 1.82) is 0 Å². The first kappa shape index (κ1) is 22.0. The lowest BCUT2D eigenvalue weighted by Crippen LogP contribution is -2.56. The van der Waals surface area contributed by atoms with Gasteiger partial charge in [-0.2, -0.15) is 0 Å². The lowest BCUT2D eigenvalue weighted by atomic mass is 10.00. The fourth-order valence-electron chi connectivity index (χ4n) is 3.10. The smallest absolute Gasteiger partial charge is 0.408 e. The van der Waals surface area contributed by atoms with Gasteiger partial charge >= 0.3 is 6.09 Å². The van der Waals surface area contributed by atoms with E-state index < -0.39 is 35.8 Å². The zero-order valence-corrected chi connectivity index (χ0v) is 17.2. The summed E-state index contributed by atoms with van der Waals surface area (Å²) in [5.74, 6) is -2.14. The van der Waals surface area contributed by atoms with Crippen LogP contribution in [0.1, 0.15) is 30.9 Å². The molecule has 0 radical (unpaired) electrons. The number of nitrogens with one attached hydrogen (secondary N) is 3. The molecule has 2 heterocycles. The molecule has 2 unspecified atom stereocenters. The summed E-state index contributed by atoms with van der Waals surface area (Å²) in [7, 11) is 0. The molecule has 0 aliphatic carbocycles. The molecule has 1 aromatic heterocycles. The number of carbonyl (C=O) groups is 4. The van der Waals surface area contributed by atoms with Gasteiger partial charge in [-0.3, -0.25) is 14.4 Å². The molecule has 31 heavy (non-hydrogen) atoms. The average molecular weight is 428 g/mol. The lowest BCUT2D eigenvalue weighted by molar-refractivity contribution is -0.140. The number of carbonyl (C=O) groups excluding carboxylic acids is 4. The van der Waals surface area contributed by atoms with Crippen LogP contribution in [0.25, 0.3) is 0 Å². The Bertz CT molecular complexity index is 956. The topological polar surface area (TPSA) is 140 Å². The molecule has 1 aliphatic rings. The summed E-state index contributed by atoms with van der Waals surface area (Å²) in [5.41, 5.74) is 1.29. The van der Waals surface area contributed by atoms with Crippen molar-refractivity contribution < 1.29 is 28.3 Å². The summed E-state index contributed by atoms with van der Waals surface area (Å²) in [6.45, 7) is 3.60. The maximum atomic E-state index is 12.9. The van der Waals surface area contributed by atoms with Gasteiger partial charge in [-0.25, -0.2) is 9.78 Å². The van der Waals surface area contributed by atoms with Gasteiger partial charge in [-0.1, -0.05) is 44.2 Å². The van der Waals surface area contributed by atoms with Crippen LogP contribution >= 0.6 is 0 Å². The van der Waals surface area contributed by atoms with Gasteiger partial charge in [-0.05, 0) is 11.5 Å². The number of rotatable bonds is 6. The van der Waals surface area contributed by atoms with E-state index in [1.54, 1.807) is 13.8 Å². The molecule has 0 fully saturated rings. The monoisotopic (exact) mass is 428 g/mol. The standard InChI is InChI=1S/C21H24N4O6/c1-12(2)17(25-21(29)30-10-13-6-4-3-5-7-13)19(27)24-14-8-16-15(23-11-31-16)9-22-20(28)18(14)26/h3-7,11-12,14,17H,8-10H2,1-2H3,(H,22,28)(H,24,27)(H,25,29). The number of hydrogen-bond donors (Lipinski definition) is 3. The number of benzene rings is 1. The van der Waals surface area contributed by atoms with E-state index in [0.717, 1.165) is 5.56 Å². The molecule has 10 nitrogen and oxygen atoms in total. The Morgan fingerprint density at radius 3 is 2.71 bits per heavy atom. The molecular weight excluding hydrogens is 404 g/mol. The van der Waals surface area contributed by atoms with Gasteiger partial charge in [0.1, 0.15) is 30.1 Å². The number of fused-ring (bicyclic) bond motifs is 1. The molecule has 164 valence electrons. The maximum Gasteiger partial charge on any atom is 0.408 e. The lowest BCUT2D eigenvalue weighted by Gasteiger charge is -2.25. The number of oxazole rings is 1. The van der Waals surface area contributed by atoms with E-state index in [-0.39, 0.29) is 25.5 Å². The molecule has 0 spiro atoms. The number of alkyl carbamates (subject to hydrolysis) is 1. The molecule has 1 aliphatic heterocycles. The molecule has 3 amide bonds. The largest absolute Gasteiger partial charge is 0.448 e. The van der Waals surface area contributed by atoms with Crippen molar-refractivity contribution in [2.75, 3.05) is 0 Å². The van der Waals surface area contributed by atoms with Crippen molar-refractivity contribution in [1.82, 2.24) is 20.9 Å². The van der Waals surface area contributed by atoms with Gasteiger partial charge in [0, 0.05) is 6.42 Å². The van der Waals surface area contributed by atoms with Crippen LogP contribution in [0.5, 0.6) is 0 Å². The summed E-state index contributed by atoms with van der Waals surface area (Å²) in [6, 6.07) is 6.99. The fourth-order valence-corrected chi connectivity index (χ4v) is 3.10. The molecule has 2 aromatic rings. The Kier molecular flexibility index (Phi) is 7.01. The third kappa shape index (κ3) is 5.68. The first-order valence-corrected chi connectivity index (χ1v) is 9.86. The van der Waals surface area contributed by atoms with Crippen molar-refractivity contribution in [3.8, 4) is 0 Å². The van der Waals surface area contributed by atoms with E-state index >= 15 is 0 Å². The van der Waals surface area contributed by atoms with Gasteiger partial charge in [0.25, 0.3) is 5.91 Å². The molecule has 2 atom stereocenters. The van der Waals surface area contributed by atoms with Crippen molar-refractivity contribution in [3.05, 3.63) is 53.7 Å². The normalized spacial score (nSPS) is 17.1. The van der Waals surface area contributed by atoms with Crippen LogP contribution in [-0.4, -0.2) is 40.8 Å². The minimum absolute atomic E-state index is 0.0173. The maximum absolute atomic E-state index is 12.9. The Hall–Kier alpha value is -3.69. The van der Waals surface area contributed by atoms with E-state index in [0.29, 0.717) is 11.5 Å². The highest BCUT2D eigenvalue weighted by Gasteiger charge is 2.34. The summed E-state index contributed by atoms with van der Waals surface area (Å²) >= 11 is 0. The number of hydrogen-bond acceptors (Lipinski definition) is 7. The number of nitrogens with zero attached hydrogens (tertiary/aromatic N) is 1. The van der Waals surface area contributed by atoms with Crippen LogP contribution in [0.3, 0.4) is 0 Å². The minimum Gasteiger partial charge on any atom is -0.448 e. The second-order valence-electron chi connectivity index (χ2n) is 7.46. The Labute approximate surface area is 178 Å². The molecular formula is C21H24N4O6. The van der Waals surface area contributed by atoms with E-state index in [4.69, 9.17) is 9.15 Å². The minimum atomic E-state index is -1.15. The van der Waals surface area contributed by atoms with E-state index in [1.165, 1.54) is 6.39 Å². The molecule has 3 N–H and O–H groups in total. The Morgan fingerprint density at radius 2 is 2.00 bits per heavy atom. The quantitative estimate of drug-likeness (QED) is 0.580. The summed E-state index contributed by atoms with van der Waals surface area (Å²) < 4.78 is 10.5. The second-order valence-corrected chi connectivity index (χ2v) is 7.46. The van der Waals surface area contributed by atoms with Crippen LogP contribution < -0.4 is 16.0 Å². The molecule has 0 saturated carbocycles. The van der Waals surface area contributed by atoms with Crippen molar-refractivity contribution in [2.45, 2.75) is 45.5 Å². The first-order valence-electron chi connectivity index (χ1n) is 9.86. The van der Waals surface area contributed by atoms with E-state index in [9.17, 15) is 19.2 Å². The van der Waals surface area contributed by atoms with Gasteiger partial charge < -0.3 is 25.1 Å². The number of ether oxygens (including phenoxy) is 1. The highest BCUT2D eigenvalue weighted by molar-refractivity contribution is 6.38. The number of aromatic nitrogens is 1. The fraction of sp³-hybridized carbons (Fsp3) is 0.381. The van der Waals surface area contributed by atoms with Gasteiger partial charge in [0.2, 0.25) is 11.7 Å². The third-order valence-electron chi connectivity index (χ3n) is 4.82. The number of ketones is 1. The number of Topliss-reactive ketones (excluding diaryl/α,β-unsaturated/α-hetero) is 1. The zero-order chi connectivity index (χ0) is 22.4. The molecule has 0 bridgehead atoms. The zero-order valence-electron chi connectivity index (χ0n) is 17.2. The average Bonchev–Trinajstić information content (AvgIpc) is 3.19. The van der Waals surface area contributed by atoms with Gasteiger partial charge in [-0.15, -0.1) is 0 Å². The summed E-state index contributed by atoms with van der Waals surface area (Å²) in [6.07, 6.45) is 0.431. The molecule has 0 saturated heterocycles. The van der Waals surface area contributed by atoms with Crippen LogP contribution in [0, 0.1) is 5.92 Å². The van der Waals surface area contributed by atoms with Crippen molar-refractivity contribution >= 4 is 23.7 Å².